The van der Waals surface area contributed by atoms with Crippen LogP contribution in [0.25, 0.3) is 6.08 Å². The van der Waals surface area contributed by atoms with Crippen LogP contribution in [0, 0.1) is 0 Å². The quantitative estimate of drug-likeness (QED) is 0.346. The number of aromatic nitrogens is 1. The number of nitrogens with one attached hydrogen (secondary N) is 1. The van der Waals surface area contributed by atoms with E-state index in [1.807, 2.05) is 24.3 Å². The molecule has 1 aromatic carbocycles. The molecule has 3 rings (SSSR count). The van der Waals surface area contributed by atoms with Crippen LogP contribution in [0.4, 0.5) is 0 Å². The van der Waals surface area contributed by atoms with Crippen molar-refractivity contribution < 1.29 is 4.74 Å². The predicted molar refractivity (Wildman–Crippen MR) is 128 cm³/mol. The molecule has 2 heterocycles. The summed E-state index contributed by atoms with van der Waals surface area (Å²) in [6.45, 7) is 2.28. The minimum absolute atomic E-state index is 0.809. The van der Waals surface area contributed by atoms with Crippen LogP contribution in [0.2, 0.25) is 0 Å². The molecule has 0 bridgehead atoms. The predicted octanol–water partition coefficient (Wildman–Crippen LogP) is 7.46. The van der Waals surface area contributed by atoms with Crippen LogP contribution in [-0.2, 0) is 11.2 Å². The molecule has 0 spiro atoms. The van der Waals surface area contributed by atoms with E-state index in [0.717, 1.165) is 34.8 Å². The lowest BCUT2D eigenvalue weighted by atomic mass is 10.1. The van der Waals surface area contributed by atoms with Gasteiger partial charge in [0.25, 0.3) is 0 Å². The highest BCUT2D eigenvalue weighted by Gasteiger charge is 2.16. The van der Waals surface area contributed by atoms with Crippen molar-refractivity contribution in [2.45, 2.75) is 71.1 Å². The molecule has 0 fully saturated rings. The van der Waals surface area contributed by atoms with E-state index in [1.54, 1.807) is 7.11 Å². The fourth-order valence-electron chi connectivity index (χ4n) is 3.90. The van der Waals surface area contributed by atoms with E-state index in [4.69, 9.17) is 9.73 Å². The first-order valence-corrected chi connectivity index (χ1v) is 11.6. The van der Waals surface area contributed by atoms with Crippen molar-refractivity contribution in [3.05, 3.63) is 76.9 Å². The number of aryl methyl sites for hydroxylation is 1. The van der Waals surface area contributed by atoms with Crippen LogP contribution in [0.3, 0.4) is 0 Å². The summed E-state index contributed by atoms with van der Waals surface area (Å²) in [4.78, 5) is 8.31. The number of methoxy groups -OCH3 is 1. The Labute approximate surface area is 182 Å². The number of benzene rings is 1. The lowest BCUT2D eigenvalue weighted by Gasteiger charge is -2.02. The average molecular weight is 405 g/mol. The summed E-state index contributed by atoms with van der Waals surface area (Å²) in [5.74, 6) is 0.809. The van der Waals surface area contributed by atoms with E-state index in [0.29, 0.717) is 0 Å². The first kappa shape index (κ1) is 22.1. The monoisotopic (exact) mass is 404 g/mol. The fourth-order valence-corrected chi connectivity index (χ4v) is 3.90. The van der Waals surface area contributed by atoms with Gasteiger partial charge >= 0.3 is 0 Å². The van der Waals surface area contributed by atoms with Gasteiger partial charge in [-0.1, -0.05) is 88.6 Å². The van der Waals surface area contributed by atoms with E-state index >= 15 is 0 Å². The van der Waals surface area contributed by atoms with Gasteiger partial charge in [-0.05, 0) is 31.1 Å². The number of hydrogen-bond acceptors (Lipinski definition) is 2. The average Bonchev–Trinajstić information content (AvgIpc) is 3.40. The molecule has 0 aliphatic carbocycles. The van der Waals surface area contributed by atoms with Crippen molar-refractivity contribution in [3.8, 4) is 0 Å². The zero-order valence-electron chi connectivity index (χ0n) is 18.6. The fraction of sp³-hybridized carbons (Fsp3) is 0.444. The molecule has 160 valence electrons. The number of H-pyrrole nitrogens is 1. The summed E-state index contributed by atoms with van der Waals surface area (Å²) in [5, 5.41) is 0. The zero-order chi connectivity index (χ0) is 21.0. The molecule has 0 saturated heterocycles. The van der Waals surface area contributed by atoms with Crippen LogP contribution >= 0.6 is 0 Å². The van der Waals surface area contributed by atoms with Crippen molar-refractivity contribution in [2.24, 2.45) is 4.99 Å². The summed E-state index contributed by atoms with van der Waals surface area (Å²) >= 11 is 0. The molecule has 3 nitrogen and oxygen atoms in total. The minimum atomic E-state index is 0.809. The standard InChI is InChI=1S/C27H36N2O/c1-3-4-5-6-7-8-9-10-14-17-23-18-19-24(28-23)20-26-27(30-2)21-25(29-26)22-15-12-11-13-16-22/h11-13,15-16,18-21,28H,3-10,14,17H2,1-2H3. The number of ether oxygens (including phenoxy) is 1. The zero-order valence-corrected chi connectivity index (χ0v) is 18.6. The molecular weight excluding hydrogens is 368 g/mol. The number of rotatable bonds is 13. The van der Waals surface area contributed by atoms with Crippen molar-refractivity contribution in [1.29, 1.82) is 0 Å². The van der Waals surface area contributed by atoms with Crippen molar-refractivity contribution >= 4 is 11.8 Å². The third kappa shape index (κ3) is 6.76. The molecule has 0 atom stereocenters. The Morgan fingerprint density at radius 3 is 2.27 bits per heavy atom. The van der Waals surface area contributed by atoms with Crippen LogP contribution < -0.4 is 0 Å². The summed E-state index contributed by atoms with van der Waals surface area (Å²) < 4.78 is 5.55. The van der Waals surface area contributed by atoms with Gasteiger partial charge in [-0.3, -0.25) is 0 Å². The molecule has 0 saturated carbocycles. The van der Waals surface area contributed by atoms with Crippen molar-refractivity contribution in [1.82, 2.24) is 4.98 Å². The van der Waals surface area contributed by atoms with E-state index in [2.05, 4.69) is 42.2 Å². The van der Waals surface area contributed by atoms with E-state index in [1.165, 1.54) is 63.5 Å². The Morgan fingerprint density at radius 2 is 1.57 bits per heavy atom. The van der Waals surface area contributed by atoms with Crippen LogP contribution in [0.15, 0.2) is 65.0 Å². The number of aliphatic imine (C=N–C) groups is 1. The Balaban J connectivity index is 1.47. The van der Waals surface area contributed by atoms with Gasteiger partial charge in [0.15, 0.2) is 0 Å². The first-order valence-electron chi connectivity index (χ1n) is 11.6. The number of allylic oxidation sites excluding steroid dienone is 1. The van der Waals surface area contributed by atoms with Crippen molar-refractivity contribution in [2.75, 3.05) is 7.11 Å². The number of nitrogens with zero attached hydrogens (tertiary/aromatic N) is 1. The minimum Gasteiger partial charge on any atom is -0.494 e. The van der Waals surface area contributed by atoms with Gasteiger partial charge in [0.1, 0.15) is 11.5 Å². The van der Waals surface area contributed by atoms with Gasteiger partial charge in [0.2, 0.25) is 0 Å². The van der Waals surface area contributed by atoms with Crippen LogP contribution in [-0.4, -0.2) is 17.8 Å². The summed E-state index contributed by atoms with van der Waals surface area (Å²) in [6, 6.07) is 14.6. The van der Waals surface area contributed by atoms with Gasteiger partial charge in [-0.2, -0.15) is 0 Å². The molecular formula is C27H36N2O. The molecule has 2 aromatic rings. The molecule has 1 aromatic heterocycles. The molecule has 0 unspecified atom stereocenters. The molecule has 3 heteroatoms. The Bertz CT molecular complexity index is 858. The maximum absolute atomic E-state index is 5.55. The maximum Gasteiger partial charge on any atom is 0.146 e. The van der Waals surface area contributed by atoms with Gasteiger partial charge in [-0.15, -0.1) is 0 Å². The third-order valence-electron chi connectivity index (χ3n) is 5.66. The lowest BCUT2D eigenvalue weighted by Crippen LogP contribution is -1.92. The molecule has 30 heavy (non-hydrogen) atoms. The van der Waals surface area contributed by atoms with E-state index < -0.39 is 0 Å². The normalized spacial score (nSPS) is 14.8. The van der Waals surface area contributed by atoms with Crippen LogP contribution in [0.5, 0.6) is 0 Å². The maximum atomic E-state index is 5.55. The number of hydrogen-bond donors (Lipinski definition) is 1. The number of unbranched alkanes of at least 4 members (excludes halogenated alkanes) is 8. The lowest BCUT2D eigenvalue weighted by molar-refractivity contribution is 0.303. The van der Waals surface area contributed by atoms with E-state index in [9.17, 15) is 0 Å². The Kier molecular flexibility index (Phi) is 9.02. The second-order valence-corrected chi connectivity index (χ2v) is 8.12. The second-order valence-electron chi connectivity index (χ2n) is 8.12. The summed E-state index contributed by atoms with van der Waals surface area (Å²) in [5.41, 5.74) is 5.30. The highest BCUT2D eigenvalue weighted by atomic mass is 16.5. The van der Waals surface area contributed by atoms with Gasteiger partial charge in [0.05, 0.1) is 12.8 Å². The molecule has 1 N–H and O–H groups in total. The highest BCUT2D eigenvalue weighted by molar-refractivity contribution is 6.12. The van der Waals surface area contributed by atoms with Gasteiger partial charge < -0.3 is 9.72 Å². The first-order chi connectivity index (χ1) is 14.8. The van der Waals surface area contributed by atoms with Crippen molar-refractivity contribution in [3.63, 3.8) is 0 Å². The largest absolute Gasteiger partial charge is 0.494 e. The smallest absolute Gasteiger partial charge is 0.146 e. The SMILES string of the molecule is CCCCCCCCCCCc1ccc(C=C2N=C(c3ccccc3)C=C2OC)[nH]1. The van der Waals surface area contributed by atoms with Gasteiger partial charge in [0, 0.05) is 23.0 Å². The summed E-state index contributed by atoms with van der Waals surface area (Å²) in [7, 11) is 1.70. The van der Waals surface area contributed by atoms with Crippen LogP contribution in [0.1, 0.15) is 81.7 Å². The van der Waals surface area contributed by atoms with E-state index in [-0.39, 0.29) is 0 Å². The molecule has 1 aliphatic rings. The number of aromatic amines is 1. The topological polar surface area (TPSA) is 37.4 Å². The molecule has 0 radical (unpaired) electrons. The highest BCUT2D eigenvalue weighted by Crippen LogP contribution is 2.25. The molecule has 0 amide bonds. The third-order valence-corrected chi connectivity index (χ3v) is 5.66. The van der Waals surface area contributed by atoms with Gasteiger partial charge in [-0.25, -0.2) is 4.99 Å². The second kappa shape index (κ2) is 12.2. The Hall–Kier alpha value is -2.55. The summed E-state index contributed by atoms with van der Waals surface area (Å²) in [6.07, 6.45) is 17.5. The Morgan fingerprint density at radius 1 is 0.867 bits per heavy atom. The molecule has 1 aliphatic heterocycles.